The van der Waals surface area contributed by atoms with Crippen LogP contribution in [0.3, 0.4) is 0 Å². The van der Waals surface area contributed by atoms with Crippen molar-refractivity contribution in [3.63, 3.8) is 0 Å². The third-order valence-corrected chi connectivity index (χ3v) is 3.77. The topological polar surface area (TPSA) is 36.5 Å². The molecular weight excluding hydrogens is 282 g/mol. The summed E-state index contributed by atoms with van der Waals surface area (Å²) in [6.45, 7) is 8.58. The number of nitrogens with zero attached hydrogens (tertiary/aromatic N) is 1. The summed E-state index contributed by atoms with van der Waals surface area (Å²) >= 11 is 5.30. The quantitative estimate of drug-likeness (QED) is 0.540. The van der Waals surface area contributed by atoms with Gasteiger partial charge in [-0.25, -0.2) is 0 Å². The van der Waals surface area contributed by atoms with Crippen LogP contribution < -0.4 is 10.6 Å². The van der Waals surface area contributed by atoms with E-state index in [2.05, 4.69) is 53.6 Å². The second kappa shape index (κ2) is 10.5. The largest absolute Gasteiger partial charge is 0.383 e. The van der Waals surface area contributed by atoms with Gasteiger partial charge in [0.15, 0.2) is 5.11 Å². The van der Waals surface area contributed by atoms with E-state index in [0.29, 0.717) is 17.8 Å². The van der Waals surface area contributed by atoms with Gasteiger partial charge in [-0.2, -0.15) is 0 Å². The van der Waals surface area contributed by atoms with E-state index in [1.807, 2.05) is 6.07 Å². The Morgan fingerprint density at radius 3 is 2.43 bits per heavy atom. The number of hydrogen-bond donors (Lipinski definition) is 2. The molecule has 0 aliphatic rings. The molecule has 21 heavy (non-hydrogen) atoms. The maximum absolute atomic E-state index is 5.30. The van der Waals surface area contributed by atoms with Crippen molar-refractivity contribution in [2.75, 3.05) is 39.9 Å². The lowest BCUT2D eigenvalue weighted by Gasteiger charge is -2.30. The molecule has 1 rings (SSSR count). The van der Waals surface area contributed by atoms with Gasteiger partial charge < -0.3 is 15.4 Å². The van der Waals surface area contributed by atoms with Crippen molar-refractivity contribution in [1.29, 1.82) is 0 Å². The molecule has 1 aromatic rings. The van der Waals surface area contributed by atoms with Gasteiger partial charge in [0, 0.05) is 20.2 Å². The van der Waals surface area contributed by atoms with Crippen LogP contribution in [-0.4, -0.2) is 49.9 Å². The third-order valence-electron chi connectivity index (χ3n) is 3.49. The first-order valence-electron chi connectivity index (χ1n) is 7.52. The summed E-state index contributed by atoms with van der Waals surface area (Å²) < 4.78 is 5.00. The lowest BCUT2D eigenvalue weighted by atomic mass is 10.1. The van der Waals surface area contributed by atoms with E-state index in [-0.39, 0.29) is 0 Å². The fraction of sp³-hybridized carbons (Fsp3) is 0.562. The second-order valence-electron chi connectivity index (χ2n) is 4.78. The first-order chi connectivity index (χ1) is 10.2. The van der Waals surface area contributed by atoms with Gasteiger partial charge in [-0.05, 0) is 30.9 Å². The van der Waals surface area contributed by atoms with E-state index in [1.165, 1.54) is 5.56 Å². The summed E-state index contributed by atoms with van der Waals surface area (Å²) in [4.78, 5) is 2.43. The van der Waals surface area contributed by atoms with Gasteiger partial charge in [-0.3, -0.25) is 4.90 Å². The summed E-state index contributed by atoms with van der Waals surface area (Å²) in [5, 5.41) is 7.14. The van der Waals surface area contributed by atoms with Gasteiger partial charge >= 0.3 is 0 Å². The Morgan fingerprint density at radius 2 is 1.86 bits per heavy atom. The van der Waals surface area contributed by atoms with Crippen LogP contribution in [-0.2, 0) is 4.74 Å². The average molecular weight is 309 g/mol. The number of methoxy groups -OCH3 is 1. The van der Waals surface area contributed by atoms with Crippen molar-refractivity contribution < 1.29 is 4.74 Å². The molecule has 1 atom stereocenters. The smallest absolute Gasteiger partial charge is 0.166 e. The molecule has 0 saturated carbocycles. The van der Waals surface area contributed by atoms with Crippen LogP contribution in [0.5, 0.6) is 0 Å². The second-order valence-corrected chi connectivity index (χ2v) is 5.19. The summed E-state index contributed by atoms with van der Waals surface area (Å²) in [7, 11) is 1.68. The lowest BCUT2D eigenvalue weighted by molar-refractivity contribution is 0.203. The predicted octanol–water partition coefficient (Wildman–Crippen LogP) is 2.18. The monoisotopic (exact) mass is 309 g/mol. The van der Waals surface area contributed by atoms with Crippen molar-refractivity contribution in [3.05, 3.63) is 35.9 Å². The molecule has 0 amide bonds. The molecule has 0 heterocycles. The van der Waals surface area contributed by atoms with Crippen molar-refractivity contribution in [1.82, 2.24) is 15.5 Å². The normalized spacial score (nSPS) is 12.2. The Morgan fingerprint density at radius 1 is 1.19 bits per heavy atom. The molecule has 0 aliphatic carbocycles. The minimum absolute atomic E-state index is 0.323. The predicted molar refractivity (Wildman–Crippen MR) is 92.6 cm³/mol. The molecule has 0 saturated heterocycles. The van der Waals surface area contributed by atoms with Gasteiger partial charge in [0.2, 0.25) is 0 Å². The standard InChI is InChI=1S/C16H27N3OS/c1-4-19(5-2)15(14-9-7-6-8-10-14)13-18-16(21)17-11-12-20-3/h6-10,15H,4-5,11-13H2,1-3H3,(H2,17,18,21). The first kappa shape index (κ1) is 17.9. The molecule has 0 fully saturated rings. The van der Waals surface area contributed by atoms with Crippen LogP contribution in [0.15, 0.2) is 30.3 Å². The number of thiocarbonyl (C=S) groups is 1. The molecule has 0 aliphatic heterocycles. The molecule has 0 aromatic heterocycles. The molecule has 5 heteroatoms. The van der Waals surface area contributed by atoms with Gasteiger partial charge in [-0.1, -0.05) is 44.2 Å². The summed E-state index contributed by atoms with van der Waals surface area (Å²) in [6, 6.07) is 10.9. The van der Waals surface area contributed by atoms with E-state index in [9.17, 15) is 0 Å². The number of nitrogens with one attached hydrogen (secondary N) is 2. The average Bonchev–Trinajstić information content (AvgIpc) is 2.52. The van der Waals surface area contributed by atoms with Crippen LogP contribution >= 0.6 is 12.2 Å². The van der Waals surface area contributed by atoms with Crippen molar-refractivity contribution in [2.24, 2.45) is 0 Å². The zero-order valence-electron chi connectivity index (χ0n) is 13.3. The highest BCUT2D eigenvalue weighted by Crippen LogP contribution is 2.19. The van der Waals surface area contributed by atoms with E-state index in [1.54, 1.807) is 7.11 Å². The zero-order valence-corrected chi connectivity index (χ0v) is 14.1. The number of likely N-dealkylation sites (N-methyl/N-ethyl adjacent to an activating group) is 1. The van der Waals surface area contributed by atoms with Crippen molar-refractivity contribution >= 4 is 17.3 Å². The molecule has 2 N–H and O–H groups in total. The molecule has 4 nitrogen and oxygen atoms in total. The number of benzene rings is 1. The molecule has 118 valence electrons. The number of ether oxygens (including phenoxy) is 1. The summed E-state index contributed by atoms with van der Waals surface area (Å²) in [6.07, 6.45) is 0. The van der Waals surface area contributed by atoms with E-state index in [4.69, 9.17) is 17.0 Å². The van der Waals surface area contributed by atoms with Crippen LogP contribution in [0.25, 0.3) is 0 Å². The highest BCUT2D eigenvalue weighted by Gasteiger charge is 2.17. The highest BCUT2D eigenvalue weighted by atomic mass is 32.1. The zero-order chi connectivity index (χ0) is 15.5. The fourth-order valence-electron chi connectivity index (χ4n) is 2.32. The van der Waals surface area contributed by atoms with Gasteiger partial charge in [0.25, 0.3) is 0 Å². The van der Waals surface area contributed by atoms with Crippen LogP contribution in [0.2, 0.25) is 0 Å². The Labute approximate surface area is 133 Å². The summed E-state index contributed by atoms with van der Waals surface area (Å²) in [5.41, 5.74) is 1.31. The molecule has 0 radical (unpaired) electrons. The third kappa shape index (κ3) is 6.42. The van der Waals surface area contributed by atoms with E-state index < -0.39 is 0 Å². The number of rotatable bonds is 9. The lowest BCUT2D eigenvalue weighted by Crippen LogP contribution is -2.42. The minimum atomic E-state index is 0.323. The Hall–Kier alpha value is -1.17. The molecular formula is C16H27N3OS. The first-order valence-corrected chi connectivity index (χ1v) is 7.93. The highest BCUT2D eigenvalue weighted by molar-refractivity contribution is 7.80. The minimum Gasteiger partial charge on any atom is -0.383 e. The summed E-state index contributed by atoms with van der Waals surface area (Å²) in [5.74, 6) is 0. The Balaban J connectivity index is 2.60. The Kier molecular flexibility index (Phi) is 8.98. The SMILES string of the molecule is CCN(CC)C(CNC(=S)NCCOC)c1ccccc1. The van der Waals surface area contributed by atoms with Crippen LogP contribution in [0, 0.1) is 0 Å². The maximum atomic E-state index is 5.30. The van der Waals surface area contributed by atoms with Crippen molar-refractivity contribution in [3.8, 4) is 0 Å². The van der Waals surface area contributed by atoms with Gasteiger partial charge in [0.1, 0.15) is 0 Å². The van der Waals surface area contributed by atoms with Crippen LogP contribution in [0.1, 0.15) is 25.5 Å². The van der Waals surface area contributed by atoms with E-state index >= 15 is 0 Å². The van der Waals surface area contributed by atoms with Crippen LogP contribution in [0.4, 0.5) is 0 Å². The van der Waals surface area contributed by atoms with Gasteiger partial charge in [0.05, 0.1) is 12.6 Å². The molecule has 1 aromatic carbocycles. The molecule has 0 spiro atoms. The number of hydrogen-bond acceptors (Lipinski definition) is 3. The van der Waals surface area contributed by atoms with Gasteiger partial charge in [-0.15, -0.1) is 0 Å². The molecule has 1 unspecified atom stereocenters. The fourth-order valence-corrected chi connectivity index (χ4v) is 2.50. The van der Waals surface area contributed by atoms with Crippen molar-refractivity contribution in [2.45, 2.75) is 19.9 Å². The Bertz CT molecular complexity index is 396. The molecule has 0 bridgehead atoms. The van der Waals surface area contributed by atoms with E-state index in [0.717, 1.165) is 26.2 Å². The maximum Gasteiger partial charge on any atom is 0.166 e.